The Kier molecular flexibility index (Phi) is 42.2. The van der Waals surface area contributed by atoms with Crippen LogP contribution in [0.2, 0.25) is 0 Å². The molecule has 10 heteroatoms. The van der Waals surface area contributed by atoms with Gasteiger partial charge in [-0.1, -0.05) is 162 Å². The van der Waals surface area contributed by atoms with Crippen LogP contribution in [0.15, 0.2) is 97.2 Å². The van der Waals surface area contributed by atoms with Gasteiger partial charge < -0.3 is 20.1 Å². The maximum absolute atomic E-state index is 12.6. The molecule has 0 aromatic carbocycles. The third-order valence-corrected chi connectivity index (χ3v) is 9.95. The largest absolute Gasteiger partial charge is 0.472 e. The predicted octanol–water partition coefficient (Wildman–Crippen LogP) is 13.4. The van der Waals surface area contributed by atoms with Crippen LogP contribution in [-0.4, -0.2) is 49.3 Å². The van der Waals surface area contributed by atoms with Crippen LogP contribution in [0.4, 0.5) is 0 Å². The molecule has 0 saturated carbocycles. The summed E-state index contributed by atoms with van der Waals surface area (Å²) in [5, 5.41) is 0. The van der Waals surface area contributed by atoms with E-state index in [-0.39, 0.29) is 32.6 Å². The normalized spacial score (nSPS) is 14.2. The van der Waals surface area contributed by atoms with Crippen molar-refractivity contribution in [1.82, 2.24) is 0 Å². The first-order chi connectivity index (χ1) is 28.8. The van der Waals surface area contributed by atoms with Crippen molar-refractivity contribution in [2.45, 2.75) is 174 Å². The fourth-order valence-corrected chi connectivity index (χ4v) is 6.44. The van der Waals surface area contributed by atoms with Gasteiger partial charge in [0.05, 0.1) is 13.2 Å². The molecule has 0 aliphatic heterocycles. The molecule has 3 N–H and O–H groups in total. The number of unbranched alkanes of at least 4 members (excludes halogenated alkanes) is 12. The topological polar surface area (TPSA) is 134 Å². The molecule has 0 bridgehead atoms. The SMILES string of the molecule is CC/C=C\C/C=C\C/C=C\C/C=C\CCCCCCCCCCCCC(=O)OC(COC(=O)CCCC/C=C\C/C=C\C/C=C\C/C=C\CC)COP(=O)(O)OCCN. The molecular formula is C49H82NO8P. The Labute approximate surface area is 359 Å². The summed E-state index contributed by atoms with van der Waals surface area (Å²) in [6, 6.07) is 0. The van der Waals surface area contributed by atoms with E-state index in [0.717, 1.165) is 89.9 Å². The minimum absolute atomic E-state index is 0.0416. The van der Waals surface area contributed by atoms with Gasteiger partial charge >= 0.3 is 19.8 Å². The zero-order valence-electron chi connectivity index (χ0n) is 36.9. The number of phosphoric acid groups is 1. The second-order valence-corrected chi connectivity index (χ2v) is 16.0. The molecule has 0 saturated heterocycles. The van der Waals surface area contributed by atoms with Gasteiger partial charge in [-0.2, -0.15) is 0 Å². The van der Waals surface area contributed by atoms with Gasteiger partial charge in [-0.05, 0) is 89.9 Å². The molecule has 0 rings (SSSR count). The Morgan fingerprint density at radius 1 is 0.508 bits per heavy atom. The molecule has 0 aromatic heterocycles. The lowest BCUT2D eigenvalue weighted by Gasteiger charge is -2.19. The van der Waals surface area contributed by atoms with E-state index in [9.17, 15) is 19.0 Å². The summed E-state index contributed by atoms with van der Waals surface area (Å²) in [7, 11) is -4.40. The number of ether oxygens (including phenoxy) is 2. The highest BCUT2D eigenvalue weighted by Crippen LogP contribution is 2.43. The van der Waals surface area contributed by atoms with Gasteiger partial charge in [0, 0.05) is 19.4 Å². The number of allylic oxidation sites excluding steroid dienone is 16. The average Bonchev–Trinajstić information content (AvgIpc) is 3.22. The van der Waals surface area contributed by atoms with Crippen molar-refractivity contribution in [3.63, 3.8) is 0 Å². The smallest absolute Gasteiger partial charge is 0.462 e. The lowest BCUT2D eigenvalue weighted by Crippen LogP contribution is -2.29. The quantitative estimate of drug-likeness (QED) is 0.0267. The first kappa shape index (κ1) is 55.9. The first-order valence-corrected chi connectivity index (χ1v) is 24.2. The number of hydrogen-bond donors (Lipinski definition) is 2. The minimum Gasteiger partial charge on any atom is -0.462 e. The fourth-order valence-electron chi connectivity index (χ4n) is 5.67. The Hall–Kier alpha value is -3.07. The number of carbonyl (C=O) groups excluding carboxylic acids is 2. The van der Waals surface area contributed by atoms with Gasteiger partial charge in [-0.25, -0.2) is 4.57 Å². The standard InChI is InChI=1S/C49H82NO8P/c1-3-5-7-9-11-13-15-17-19-20-21-22-23-24-25-26-28-30-32-34-36-38-40-42-49(52)58-47(46-57-59(53,54)56-44-43-50)45-55-48(51)41-39-37-35-33-31-29-27-18-16-14-12-10-8-6-4-2/h5-8,11-14,17-19,21-22,27,31,33,47H,3-4,9-10,15-16,20,23-26,28-30,32,34-46,50H2,1-2H3,(H,53,54)/b7-5-,8-6-,13-11-,14-12-,19-17-,22-21-,27-18-,33-31-. The summed E-state index contributed by atoms with van der Waals surface area (Å²) in [6.45, 7) is 3.43. The van der Waals surface area contributed by atoms with Crippen molar-refractivity contribution < 1.29 is 37.6 Å². The highest BCUT2D eigenvalue weighted by atomic mass is 31.2. The van der Waals surface area contributed by atoms with Crippen molar-refractivity contribution in [2.75, 3.05) is 26.4 Å². The maximum Gasteiger partial charge on any atom is 0.472 e. The Morgan fingerprint density at radius 2 is 0.881 bits per heavy atom. The molecule has 0 fully saturated rings. The fraction of sp³-hybridized carbons (Fsp3) is 0.633. The summed E-state index contributed by atoms with van der Waals surface area (Å²) >= 11 is 0. The van der Waals surface area contributed by atoms with E-state index in [1.165, 1.54) is 38.5 Å². The molecule has 0 spiro atoms. The Balaban J connectivity index is 4.17. The number of nitrogens with two attached hydrogens (primary N) is 1. The molecule has 9 nitrogen and oxygen atoms in total. The van der Waals surface area contributed by atoms with Gasteiger partial charge in [0.2, 0.25) is 0 Å². The molecule has 336 valence electrons. The number of esters is 2. The second-order valence-electron chi connectivity index (χ2n) is 14.5. The predicted molar refractivity (Wildman–Crippen MR) is 247 cm³/mol. The highest BCUT2D eigenvalue weighted by molar-refractivity contribution is 7.47. The summed E-state index contributed by atoms with van der Waals surface area (Å²) < 4.78 is 32.8. The van der Waals surface area contributed by atoms with Crippen LogP contribution in [0.25, 0.3) is 0 Å². The van der Waals surface area contributed by atoms with Crippen molar-refractivity contribution in [2.24, 2.45) is 5.73 Å². The zero-order valence-corrected chi connectivity index (χ0v) is 37.8. The zero-order chi connectivity index (χ0) is 43.2. The van der Waals surface area contributed by atoms with Crippen LogP contribution in [-0.2, 0) is 32.7 Å². The van der Waals surface area contributed by atoms with Crippen molar-refractivity contribution in [1.29, 1.82) is 0 Å². The summed E-state index contributed by atoms with van der Waals surface area (Å²) in [5.41, 5.74) is 5.35. The van der Waals surface area contributed by atoms with Crippen LogP contribution in [0.5, 0.6) is 0 Å². The molecule has 0 radical (unpaired) electrons. The number of hydrogen-bond acceptors (Lipinski definition) is 8. The molecular weight excluding hydrogens is 762 g/mol. The Bertz CT molecular complexity index is 1280. The van der Waals surface area contributed by atoms with Crippen molar-refractivity contribution >= 4 is 19.8 Å². The summed E-state index contributed by atoms with van der Waals surface area (Å²) in [6.07, 6.45) is 57.3. The summed E-state index contributed by atoms with van der Waals surface area (Å²) in [5.74, 6) is -0.891. The number of phosphoric ester groups is 1. The van der Waals surface area contributed by atoms with Crippen molar-refractivity contribution in [3.05, 3.63) is 97.2 Å². The van der Waals surface area contributed by atoms with E-state index < -0.39 is 32.5 Å². The van der Waals surface area contributed by atoms with E-state index in [0.29, 0.717) is 12.8 Å². The van der Waals surface area contributed by atoms with Gasteiger partial charge in [0.15, 0.2) is 6.10 Å². The van der Waals surface area contributed by atoms with Gasteiger partial charge in [0.25, 0.3) is 0 Å². The molecule has 0 heterocycles. The van der Waals surface area contributed by atoms with E-state index >= 15 is 0 Å². The highest BCUT2D eigenvalue weighted by Gasteiger charge is 2.26. The number of rotatable bonds is 41. The maximum atomic E-state index is 12.6. The lowest BCUT2D eigenvalue weighted by atomic mass is 10.0. The summed E-state index contributed by atoms with van der Waals surface area (Å²) in [4.78, 5) is 34.9. The van der Waals surface area contributed by atoms with Crippen LogP contribution >= 0.6 is 7.82 Å². The molecule has 2 atom stereocenters. The first-order valence-electron chi connectivity index (χ1n) is 22.7. The van der Waals surface area contributed by atoms with Crippen molar-refractivity contribution in [3.8, 4) is 0 Å². The van der Waals surface area contributed by atoms with E-state index in [1.807, 2.05) is 0 Å². The molecule has 0 aliphatic carbocycles. The van der Waals surface area contributed by atoms with E-state index in [4.69, 9.17) is 24.3 Å². The van der Waals surface area contributed by atoms with Crippen LogP contribution in [0, 0.1) is 0 Å². The minimum atomic E-state index is -4.40. The van der Waals surface area contributed by atoms with E-state index in [2.05, 4.69) is 111 Å². The molecule has 0 aliphatic rings. The molecule has 59 heavy (non-hydrogen) atoms. The molecule has 0 amide bonds. The van der Waals surface area contributed by atoms with Gasteiger partial charge in [0.1, 0.15) is 6.61 Å². The monoisotopic (exact) mass is 844 g/mol. The van der Waals surface area contributed by atoms with Crippen LogP contribution < -0.4 is 5.73 Å². The third kappa shape index (κ3) is 44.3. The van der Waals surface area contributed by atoms with Gasteiger partial charge in [-0.3, -0.25) is 18.6 Å². The Morgan fingerprint density at radius 3 is 1.34 bits per heavy atom. The van der Waals surface area contributed by atoms with Gasteiger partial charge in [-0.15, -0.1) is 0 Å². The third-order valence-electron chi connectivity index (χ3n) is 8.97. The van der Waals surface area contributed by atoms with E-state index in [1.54, 1.807) is 0 Å². The van der Waals surface area contributed by atoms with Crippen LogP contribution in [0.3, 0.4) is 0 Å². The molecule has 2 unspecified atom stereocenters. The second kappa shape index (κ2) is 44.5. The lowest BCUT2D eigenvalue weighted by molar-refractivity contribution is -0.161. The van der Waals surface area contributed by atoms with Crippen LogP contribution in [0.1, 0.15) is 168 Å². The number of carbonyl (C=O) groups is 2. The molecule has 0 aromatic rings. The average molecular weight is 844 g/mol.